The molecule has 21 heavy (non-hydrogen) atoms. The lowest BCUT2D eigenvalue weighted by molar-refractivity contribution is -0.0304. The highest BCUT2D eigenvalue weighted by Gasteiger charge is 2.28. The van der Waals surface area contributed by atoms with E-state index >= 15 is 0 Å². The number of hydrogen-bond acceptors (Lipinski definition) is 6. The quantitative estimate of drug-likeness (QED) is 0.578. The van der Waals surface area contributed by atoms with Gasteiger partial charge in [-0.05, 0) is 18.2 Å². The molecule has 0 radical (unpaired) electrons. The van der Waals surface area contributed by atoms with Crippen LogP contribution in [0.25, 0.3) is 0 Å². The van der Waals surface area contributed by atoms with Crippen molar-refractivity contribution in [1.82, 2.24) is 4.31 Å². The second-order valence-corrected chi connectivity index (χ2v) is 8.03. The number of anilines is 1. The summed E-state index contributed by atoms with van der Waals surface area (Å²) in [6.07, 6.45) is -0.421. The van der Waals surface area contributed by atoms with E-state index in [1.807, 2.05) is 18.2 Å². The van der Waals surface area contributed by atoms with Gasteiger partial charge >= 0.3 is 0 Å². The highest BCUT2D eigenvalue weighted by atomic mass is 32.2. The average molecular weight is 332 g/mol. The van der Waals surface area contributed by atoms with Crippen LogP contribution in [0.15, 0.2) is 29.2 Å². The molecule has 1 heterocycles. The Kier molecular flexibility index (Phi) is 5.88. The number of nitrogens with zero attached hydrogens (tertiary/aromatic N) is 1. The molecule has 8 heteroatoms. The number of morpholine rings is 1. The Morgan fingerprint density at radius 2 is 2.29 bits per heavy atom. The molecular formula is C13H20N2O4S2. The van der Waals surface area contributed by atoms with Crippen molar-refractivity contribution in [3.63, 3.8) is 0 Å². The van der Waals surface area contributed by atoms with E-state index in [0.29, 0.717) is 24.6 Å². The van der Waals surface area contributed by atoms with Crippen LogP contribution in [0.1, 0.15) is 0 Å². The zero-order valence-electron chi connectivity index (χ0n) is 11.6. The van der Waals surface area contributed by atoms with Gasteiger partial charge in [-0.1, -0.05) is 6.07 Å². The predicted molar refractivity (Wildman–Crippen MR) is 83.8 cm³/mol. The van der Waals surface area contributed by atoms with Gasteiger partial charge < -0.3 is 15.6 Å². The smallest absolute Gasteiger partial charge is 0.215 e. The summed E-state index contributed by atoms with van der Waals surface area (Å²) in [5.41, 5.74) is 6.35. The summed E-state index contributed by atoms with van der Waals surface area (Å²) in [6.45, 7) is 0.737. The number of thioether (sulfide) groups is 1. The first-order valence-corrected chi connectivity index (χ1v) is 9.29. The normalized spacial score (nSPS) is 20.5. The van der Waals surface area contributed by atoms with E-state index in [9.17, 15) is 8.42 Å². The fourth-order valence-electron chi connectivity index (χ4n) is 2.05. The van der Waals surface area contributed by atoms with E-state index in [0.717, 1.165) is 4.90 Å². The molecule has 6 nitrogen and oxygen atoms in total. The molecule has 3 N–H and O–H groups in total. The van der Waals surface area contributed by atoms with Gasteiger partial charge in [0, 0.05) is 29.4 Å². The standard InChI is InChI=1S/C13H20N2O4S2/c14-11-2-1-3-13(8-11)20-6-7-21(17,18)15-4-5-19-12(9-15)10-16/h1-3,8,12,16H,4-7,9-10,14H2. The lowest BCUT2D eigenvalue weighted by atomic mass is 10.3. The number of sulfonamides is 1. The number of aliphatic hydroxyl groups excluding tert-OH is 1. The van der Waals surface area contributed by atoms with E-state index in [2.05, 4.69) is 0 Å². The molecule has 0 saturated carbocycles. The first-order chi connectivity index (χ1) is 10.0. The molecule has 1 aliphatic heterocycles. The Labute approximate surface area is 129 Å². The van der Waals surface area contributed by atoms with Gasteiger partial charge in [-0.25, -0.2) is 8.42 Å². The van der Waals surface area contributed by atoms with Crippen LogP contribution in [0.2, 0.25) is 0 Å². The van der Waals surface area contributed by atoms with Crippen molar-refractivity contribution in [1.29, 1.82) is 0 Å². The summed E-state index contributed by atoms with van der Waals surface area (Å²) in [5, 5.41) is 9.06. The van der Waals surface area contributed by atoms with Crippen molar-refractivity contribution in [2.24, 2.45) is 0 Å². The number of aliphatic hydroxyl groups is 1. The fourth-order valence-corrected chi connectivity index (χ4v) is 4.86. The average Bonchev–Trinajstić information content (AvgIpc) is 2.47. The van der Waals surface area contributed by atoms with E-state index in [-0.39, 0.29) is 18.9 Å². The maximum Gasteiger partial charge on any atom is 0.215 e. The molecule has 1 saturated heterocycles. The molecule has 1 aromatic carbocycles. The highest BCUT2D eigenvalue weighted by molar-refractivity contribution is 8.00. The van der Waals surface area contributed by atoms with Crippen LogP contribution in [-0.2, 0) is 14.8 Å². The molecule has 0 amide bonds. The minimum atomic E-state index is -3.32. The Hall–Kier alpha value is -0.800. The van der Waals surface area contributed by atoms with Crippen LogP contribution in [0.5, 0.6) is 0 Å². The van der Waals surface area contributed by atoms with Crippen LogP contribution in [0.4, 0.5) is 5.69 Å². The van der Waals surface area contributed by atoms with E-state index in [1.54, 1.807) is 6.07 Å². The Bertz CT molecular complexity index is 565. The molecule has 0 aliphatic carbocycles. The molecule has 0 aromatic heterocycles. The van der Waals surface area contributed by atoms with E-state index < -0.39 is 16.1 Å². The van der Waals surface area contributed by atoms with Crippen LogP contribution < -0.4 is 5.73 Å². The van der Waals surface area contributed by atoms with Crippen LogP contribution >= 0.6 is 11.8 Å². The van der Waals surface area contributed by atoms with Crippen molar-refractivity contribution in [2.75, 3.05) is 43.5 Å². The first kappa shape index (κ1) is 16.6. The number of rotatable bonds is 6. The van der Waals surface area contributed by atoms with Gasteiger partial charge in [0.1, 0.15) is 0 Å². The van der Waals surface area contributed by atoms with Gasteiger partial charge in [-0.2, -0.15) is 4.31 Å². The van der Waals surface area contributed by atoms with E-state index in [1.165, 1.54) is 16.1 Å². The largest absolute Gasteiger partial charge is 0.399 e. The molecule has 0 bridgehead atoms. The van der Waals surface area contributed by atoms with Crippen molar-refractivity contribution >= 4 is 27.5 Å². The molecule has 0 spiro atoms. The second kappa shape index (κ2) is 7.46. The Morgan fingerprint density at radius 3 is 3.00 bits per heavy atom. The van der Waals surface area contributed by atoms with Crippen LogP contribution in [-0.4, -0.2) is 61.7 Å². The minimum Gasteiger partial charge on any atom is -0.399 e. The molecule has 1 fully saturated rings. The molecule has 1 unspecified atom stereocenters. The van der Waals surface area contributed by atoms with Crippen molar-refractivity contribution < 1.29 is 18.3 Å². The van der Waals surface area contributed by atoms with Gasteiger partial charge in [0.2, 0.25) is 10.0 Å². The summed E-state index contributed by atoms with van der Waals surface area (Å²) in [7, 11) is -3.32. The summed E-state index contributed by atoms with van der Waals surface area (Å²) < 4.78 is 31.2. The SMILES string of the molecule is Nc1cccc(SCCS(=O)(=O)N2CCOC(CO)C2)c1. The van der Waals surface area contributed by atoms with Gasteiger partial charge in [0.25, 0.3) is 0 Å². The van der Waals surface area contributed by atoms with Gasteiger partial charge in [0.15, 0.2) is 0 Å². The monoisotopic (exact) mass is 332 g/mol. The van der Waals surface area contributed by atoms with Gasteiger partial charge in [0.05, 0.1) is 25.1 Å². The van der Waals surface area contributed by atoms with E-state index in [4.69, 9.17) is 15.6 Å². The number of ether oxygens (including phenoxy) is 1. The molecule has 118 valence electrons. The third kappa shape index (κ3) is 4.86. The van der Waals surface area contributed by atoms with Crippen LogP contribution in [0, 0.1) is 0 Å². The maximum atomic E-state index is 12.3. The number of benzene rings is 1. The first-order valence-electron chi connectivity index (χ1n) is 6.70. The van der Waals surface area contributed by atoms with Crippen molar-refractivity contribution in [3.05, 3.63) is 24.3 Å². The minimum absolute atomic E-state index is 0.0601. The topological polar surface area (TPSA) is 92.9 Å². The predicted octanol–water partition coefficient (Wildman–Crippen LogP) is 0.384. The summed E-state index contributed by atoms with van der Waals surface area (Å²) in [4.78, 5) is 0.959. The van der Waals surface area contributed by atoms with Crippen molar-refractivity contribution in [2.45, 2.75) is 11.0 Å². The summed E-state index contributed by atoms with van der Waals surface area (Å²) in [6, 6.07) is 7.38. The highest BCUT2D eigenvalue weighted by Crippen LogP contribution is 2.21. The number of nitrogens with two attached hydrogens (primary N) is 1. The molecule has 1 atom stereocenters. The third-order valence-corrected chi connectivity index (χ3v) is 6.26. The lowest BCUT2D eigenvalue weighted by Crippen LogP contribution is -2.47. The summed E-state index contributed by atoms with van der Waals surface area (Å²) >= 11 is 1.47. The molecule has 2 rings (SSSR count). The molecule has 1 aliphatic rings. The van der Waals surface area contributed by atoms with Gasteiger partial charge in [-0.15, -0.1) is 11.8 Å². The van der Waals surface area contributed by atoms with Crippen LogP contribution in [0.3, 0.4) is 0 Å². The maximum absolute atomic E-state index is 12.3. The van der Waals surface area contributed by atoms with Crippen molar-refractivity contribution in [3.8, 4) is 0 Å². The fraction of sp³-hybridized carbons (Fsp3) is 0.538. The third-order valence-electron chi connectivity index (χ3n) is 3.17. The lowest BCUT2D eigenvalue weighted by Gasteiger charge is -2.31. The molecule has 1 aromatic rings. The number of nitrogen functional groups attached to an aromatic ring is 1. The zero-order valence-corrected chi connectivity index (χ0v) is 13.3. The van der Waals surface area contributed by atoms with Gasteiger partial charge in [-0.3, -0.25) is 0 Å². The molecular weight excluding hydrogens is 312 g/mol. The second-order valence-electron chi connectivity index (χ2n) is 4.77. The number of hydrogen-bond donors (Lipinski definition) is 2. The Morgan fingerprint density at radius 1 is 1.48 bits per heavy atom. The zero-order chi connectivity index (χ0) is 15.3. The Balaban J connectivity index is 1.86. The summed E-state index contributed by atoms with van der Waals surface area (Å²) in [5.74, 6) is 0.525.